The number of fused-ring (bicyclic) bond motifs is 3. The smallest absolute Gasteiger partial charge is 0.211 e. The van der Waals surface area contributed by atoms with Gasteiger partial charge in [-0.3, -0.25) is 0 Å². The summed E-state index contributed by atoms with van der Waals surface area (Å²) in [7, 11) is 0. The lowest BCUT2D eigenvalue weighted by Crippen LogP contribution is -2.58. The summed E-state index contributed by atoms with van der Waals surface area (Å²) in [5.74, 6) is 0. The lowest BCUT2D eigenvalue weighted by Gasteiger charge is -2.09. The molecule has 1 aliphatic rings. The molecular weight excluding hydrogens is 360 g/mol. The second-order valence-corrected chi connectivity index (χ2v) is 7.93. The van der Waals surface area contributed by atoms with Crippen molar-refractivity contribution in [1.29, 1.82) is 0 Å². The second kappa shape index (κ2) is 6.04. The van der Waals surface area contributed by atoms with Gasteiger partial charge in [0.2, 0.25) is 5.69 Å². The van der Waals surface area contributed by atoms with Crippen LogP contribution >= 0.6 is 11.3 Å². The number of benzene rings is 3. The maximum absolute atomic E-state index is 3.46. The molecule has 0 unspecified atom stereocenters. The van der Waals surface area contributed by atoms with E-state index in [1.165, 1.54) is 43.3 Å². The number of rotatable bonds is 2. The lowest BCUT2D eigenvalue weighted by atomic mass is 9.90. The van der Waals surface area contributed by atoms with Crippen LogP contribution in [0.5, 0.6) is 0 Å². The monoisotopic (exact) mass is 377 g/mol. The number of aromatic amines is 1. The molecule has 0 atom stereocenters. The largest absolute Gasteiger partial charge is 0.361 e. The van der Waals surface area contributed by atoms with Crippen LogP contribution in [0.3, 0.4) is 0 Å². The van der Waals surface area contributed by atoms with Crippen LogP contribution in [0.25, 0.3) is 32.1 Å². The third-order valence-corrected chi connectivity index (χ3v) is 6.43. The summed E-state index contributed by atoms with van der Waals surface area (Å²) in [6.45, 7) is 0. The Hall–Kier alpha value is -3.43. The number of hydrogen-bond donors (Lipinski definition) is 2. The lowest BCUT2D eigenvalue weighted by molar-refractivity contribution is -0.342. The first-order valence-corrected chi connectivity index (χ1v) is 10.2. The zero-order valence-electron chi connectivity index (χ0n) is 15.1. The Balaban J connectivity index is 1.74. The van der Waals surface area contributed by atoms with Gasteiger partial charge in [-0.2, -0.15) is 0 Å². The Bertz CT molecular complexity index is 1340. The number of aromatic nitrogens is 1. The number of para-hydroxylation sites is 2. The molecule has 0 saturated carbocycles. The van der Waals surface area contributed by atoms with E-state index in [1.54, 1.807) is 11.3 Å². The minimum atomic E-state index is 1.16. The molecule has 0 aliphatic carbocycles. The van der Waals surface area contributed by atoms with Crippen LogP contribution in [0, 0.1) is 0 Å². The average molecular weight is 377 g/mol. The molecule has 28 heavy (non-hydrogen) atoms. The Morgan fingerprint density at radius 2 is 1.57 bits per heavy atom. The average Bonchev–Trinajstić information content (AvgIpc) is 3.47. The molecule has 5 aromatic rings. The molecule has 0 fully saturated rings. The van der Waals surface area contributed by atoms with E-state index in [0.29, 0.717) is 0 Å². The highest BCUT2D eigenvalue weighted by atomic mass is 32.1. The first-order valence-electron chi connectivity index (χ1n) is 9.37. The topological polar surface area (TPSA) is 29.8 Å². The summed E-state index contributed by atoms with van der Waals surface area (Å²) in [6, 6.07) is 25.7. The molecule has 0 spiro atoms. The first kappa shape index (κ1) is 15.6. The van der Waals surface area contributed by atoms with E-state index in [1.807, 2.05) is 0 Å². The van der Waals surface area contributed by atoms with Gasteiger partial charge < -0.3 is 4.98 Å². The summed E-state index contributed by atoms with van der Waals surface area (Å²) < 4.78 is 1.31. The second-order valence-electron chi connectivity index (χ2n) is 7.02. The van der Waals surface area contributed by atoms with Crippen LogP contribution in [-0.4, -0.2) is 11.2 Å². The van der Waals surface area contributed by atoms with Crippen LogP contribution in [0.2, 0.25) is 0 Å². The van der Waals surface area contributed by atoms with Gasteiger partial charge in [0.15, 0.2) is 6.21 Å². The number of hydrogen-bond acceptors (Lipinski definition) is 1. The van der Waals surface area contributed by atoms with Gasteiger partial charge in [0.25, 0.3) is 0 Å². The highest BCUT2D eigenvalue weighted by Crippen LogP contribution is 2.41. The summed E-state index contributed by atoms with van der Waals surface area (Å²) in [4.78, 5) is 6.92. The van der Waals surface area contributed by atoms with Crippen LogP contribution < -0.4 is 4.99 Å². The van der Waals surface area contributed by atoms with Crippen molar-refractivity contribution in [1.82, 2.24) is 4.98 Å². The van der Waals surface area contributed by atoms with Crippen molar-refractivity contribution >= 4 is 55.4 Å². The van der Waals surface area contributed by atoms with Crippen molar-refractivity contribution in [2.45, 2.75) is 0 Å². The fourth-order valence-corrected chi connectivity index (χ4v) is 5.12. The van der Waals surface area contributed by atoms with E-state index < -0.39 is 0 Å². The van der Waals surface area contributed by atoms with Crippen molar-refractivity contribution in [3.8, 4) is 0 Å². The molecule has 0 bridgehead atoms. The van der Waals surface area contributed by atoms with Gasteiger partial charge in [-0.05, 0) is 23.6 Å². The van der Waals surface area contributed by atoms with Gasteiger partial charge in [0.1, 0.15) is 0 Å². The minimum absolute atomic E-state index is 1.16. The first-order chi connectivity index (χ1) is 13.9. The van der Waals surface area contributed by atoms with Crippen molar-refractivity contribution in [2.24, 2.45) is 0 Å². The minimum Gasteiger partial charge on any atom is -0.361 e. The van der Waals surface area contributed by atoms with Crippen molar-refractivity contribution in [2.75, 3.05) is 0 Å². The number of H-pyrrole nitrogens is 1. The normalized spacial score (nSPS) is 14.7. The summed E-state index contributed by atoms with van der Waals surface area (Å²) in [6.07, 6.45) is 4.29. The third-order valence-electron chi connectivity index (χ3n) is 5.47. The predicted octanol–water partition coefficient (Wildman–Crippen LogP) is 5.14. The highest BCUT2D eigenvalue weighted by Gasteiger charge is 2.26. The number of allylic oxidation sites excluding steroid dienone is 1. The van der Waals surface area contributed by atoms with Gasteiger partial charge in [-0.1, -0.05) is 48.5 Å². The maximum Gasteiger partial charge on any atom is 0.211 e. The molecule has 132 valence electrons. The molecule has 3 aromatic carbocycles. The molecule has 3 heteroatoms. The Labute approximate surface area is 166 Å². The van der Waals surface area contributed by atoms with E-state index in [2.05, 4.69) is 101 Å². The van der Waals surface area contributed by atoms with E-state index in [9.17, 15) is 0 Å². The van der Waals surface area contributed by atoms with Gasteiger partial charge in [0.05, 0.1) is 11.1 Å². The van der Waals surface area contributed by atoms with E-state index in [4.69, 9.17) is 0 Å². The quantitative estimate of drug-likeness (QED) is 0.427. The maximum atomic E-state index is 3.46. The standard InChI is InChI=1S/C25H16N2S/c1-4-10-22-16(7-1)19(13-26-22)25(20-14-27-23-11-5-2-8-17(20)23)21-15-28-24-12-6-3-9-18(21)24/h1-15,26H/p+1/b25-20-. The fraction of sp³-hybridized carbons (Fsp3) is 0. The van der Waals surface area contributed by atoms with Crippen molar-refractivity contribution < 1.29 is 4.99 Å². The molecular formula is C25H17N2S+. The molecule has 1 aliphatic heterocycles. The SMILES string of the molecule is C1=[NH+]c2ccccc2/C1=C(/c1c[nH]c2ccccc12)c1csc2ccccc12. The van der Waals surface area contributed by atoms with Crippen molar-refractivity contribution in [3.63, 3.8) is 0 Å². The van der Waals surface area contributed by atoms with E-state index in [0.717, 1.165) is 11.2 Å². The van der Waals surface area contributed by atoms with E-state index in [-0.39, 0.29) is 0 Å². The molecule has 2 aromatic heterocycles. The molecule has 3 heterocycles. The van der Waals surface area contributed by atoms with Crippen LogP contribution in [-0.2, 0) is 0 Å². The van der Waals surface area contributed by atoms with Crippen LogP contribution in [0.15, 0.2) is 84.4 Å². The van der Waals surface area contributed by atoms with E-state index >= 15 is 0 Å². The molecule has 2 N–H and O–H groups in total. The zero-order chi connectivity index (χ0) is 18.5. The summed E-state index contributed by atoms with van der Waals surface area (Å²) in [5.41, 5.74) is 8.61. The van der Waals surface area contributed by atoms with Gasteiger partial charge in [-0.25, -0.2) is 4.99 Å². The Morgan fingerprint density at radius 1 is 0.786 bits per heavy atom. The predicted molar refractivity (Wildman–Crippen MR) is 119 cm³/mol. The molecule has 2 nitrogen and oxygen atoms in total. The van der Waals surface area contributed by atoms with Crippen molar-refractivity contribution in [3.05, 3.63) is 101 Å². The van der Waals surface area contributed by atoms with Gasteiger partial charge in [-0.15, -0.1) is 11.3 Å². The molecule has 0 saturated heterocycles. The zero-order valence-corrected chi connectivity index (χ0v) is 15.9. The number of nitrogens with one attached hydrogen (secondary N) is 2. The molecule has 6 rings (SSSR count). The Morgan fingerprint density at radius 3 is 2.54 bits per heavy atom. The number of thiophene rings is 1. The van der Waals surface area contributed by atoms with Gasteiger partial charge >= 0.3 is 0 Å². The van der Waals surface area contributed by atoms with Gasteiger partial charge in [0, 0.05) is 50.0 Å². The molecule has 0 radical (unpaired) electrons. The highest BCUT2D eigenvalue weighted by molar-refractivity contribution is 7.17. The third kappa shape index (κ3) is 2.23. The van der Waals surface area contributed by atoms with Crippen LogP contribution in [0.4, 0.5) is 5.69 Å². The summed E-state index contributed by atoms with van der Waals surface area (Å²) in [5, 5.41) is 4.85. The summed E-state index contributed by atoms with van der Waals surface area (Å²) >= 11 is 1.81. The Kier molecular flexibility index (Phi) is 3.37. The molecule has 0 amide bonds. The fourth-order valence-electron chi connectivity index (χ4n) is 4.16. The van der Waals surface area contributed by atoms with Crippen LogP contribution in [0.1, 0.15) is 16.7 Å².